The highest BCUT2D eigenvalue weighted by Crippen LogP contribution is 2.29. The molecule has 11 heteroatoms. The number of hydrogen-bond acceptors (Lipinski definition) is 8. The first kappa shape index (κ1) is 27.4. The van der Waals surface area contributed by atoms with Crippen molar-refractivity contribution in [1.82, 2.24) is 25.1 Å². The Bertz CT molecular complexity index is 1200. The van der Waals surface area contributed by atoms with Crippen LogP contribution in [0.2, 0.25) is 0 Å². The first-order valence-electron chi connectivity index (χ1n) is 12.9. The zero-order valence-corrected chi connectivity index (χ0v) is 22.4. The monoisotopic (exact) mass is 526 g/mol. The highest BCUT2D eigenvalue weighted by molar-refractivity contribution is 6.02. The van der Waals surface area contributed by atoms with Gasteiger partial charge in [-0.1, -0.05) is 11.2 Å². The van der Waals surface area contributed by atoms with E-state index in [9.17, 15) is 14.0 Å². The Kier molecular flexibility index (Phi) is 8.88. The topological polar surface area (TPSA) is 109 Å². The lowest BCUT2D eigenvalue weighted by Crippen LogP contribution is -2.42. The molecule has 1 aromatic carbocycles. The number of carbonyl (C=O) groups is 2. The van der Waals surface area contributed by atoms with Gasteiger partial charge >= 0.3 is 0 Å². The zero-order chi connectivity index (χ0) is 27.2. The first-order chi connectivity index (χ1) is 18.2. The van der Waals surface area contributed by atoms with Gasteiger partial charge in [-0.2, -0.15) is 0 Å². The van der Waals surface area contributed by atoms with Crippen LogP contribution in [0.1, 0.15) is 53.3 Å². The van der Waals surface area contributed by atoms with E-state index in [1.54, 1.807) is 25.1 Å². The number of ether oxygens (including phenoxy) is 1. The van der Waals surface area contributed by atoms with Crippen molar-refractivity contribution in [3.8, 4) is 5.75 Å². The maximum absolute atomic E-state index is 13.7. The number of methoxy groups -OCH3 is 1. The van der Waals surface area contributed by atoms with Crippen LogP contribution in [-0.4, -0.2) is 84.2 Å². The summed E-state index contributed by atoms with van der Waals surface area (Å²) in [5.41, 5.74) is 2.16. The van der Waals surface area contributed by atoms with Gasteiger partial charge in [0.2, 0.25) is 5.91 Å². The van der Waals surface area contributed by atoms with Gasteiger partial charge in [0.05, 0.1) is 12.8 Å². The maximum Gasteiger partial charge on any atom is 0.270 e. The number of nitrogens with one attached hydrogen (secondary N) is 1. The third-order valence-corrected chi connectivity index (χ3v) is 6.92. The number of benzene rings is 1. The summed E-state index contributed by atoms with van der Waals surface area (Å²) < 4.78 is 18.6. The minimum Gasteiger partial charge on any atom is -0.494 e. The highest BCUT2D eigenvalue weighted by atomic mass is 19.1. The summed E-state index contributed by atoms with van der Waals surface area (Å²) in [6.45, 7) is 4.12. The quantitative estimate of drug-likeness (QED) is 0.535. The number of halogens is 1. The van der Waals surface area contributed by atoms with Crippen LogP contribution < -0.4 is 10.1 Å². The number of amides is 2. The molecule has 3 heterocycles. The van der Waals surface area contributed by atoms with Crippen molar-refractivity contribution in [3.63, 3.8) is 0 Å². The van der Waals surface area contributed by atoms with E-state index >= 15 is 0 Å². The molecule has 0 saturated carbocycles. The van der Waals surface area contributed by atoms with Gasteiger partial charge in [0.15, 0.2) is 11.6 Å². The van der Waals surface area contributed by atoms with Crippen molar-refractivity contribution in [2.24, 2.45) is 11.1 Å². The third kappa shape index (κ3) is 6.83. The average molecular weight is 527 g/mol. The van der Waals surface area contributed by atoms with E-state index in [1.807, 2.05) is 23.9 Å². The molecule has 2 amide bonds. The molecule has 2 aromatic rings. The van der Waals surface area contributed by atoms with E-state index in [2.05, 4.69) is 20.4 Å². The lowest BCUT2D eigenvalue weighted by Gasteiger charge is -2.34. The number of rotatable bonds is 9. The molecule has 1 unspecified atom stereocenters. The molecule has 0 bridgehead atoms. The number of nitrogens with zero attached hydrogens (tertiary/aromatic N) is 5. The van der Waals surface area contributed by atoms with Crippen molar-refractivity contribution in [2.45, 2.75) is 45.3 Å². The molecule has 1 fully saturated rings. The Morgan fingerprint density at radius 1 is 1.21 bits per heavy atom. The number of oxime groups is 1. The van der Waals surface area contributed by atoms with Crippen LogP contribution in [-0.2, 0) is 16.2 Å². The molecule has 0 aliphatic carbocycles. The summed E-state index contributed by atoms with van der Waals surface area (Å²) in [7, 11) is 5.33. The first-order valence-corrected chi connectivity index (χ1v) is 12.9. The highest BCUT2D eigenvalue weighted by Gasteiger charge is 2.34. The van der Waals surface area contributed by atoms with E-state index in [-0.39, 0.29) is 35.9 Å². The van der Waals surface area contributed by atoms with Crippen LogP contribution in [0.25, 0.3) is 0 Å². The maximum atomic E-state index is 13.7. The molecule has 204 valence electrons. The second-order valence-electron chi connectivity index (χ2n) is 9.99. The van der Waals surface area contributed by atoms with Gasteiger partial charge in [-0.25, -0.2) is 14.4 Å². The van der Waals surface area contributed by atoms with Crippen LogP contribution in [0.5, 0.6) is 5.75 Å². The van der Waals surface area contributed by atoms with Crippen molar-refractivity contribution < 1.29 is 23.6 Å². The molecule has 1 saturated heterocycles. The summed E-state index contributed by atoms with van der Waals surface area (Å²) >= 11 is 0. The fourth-order valence-corrected chi connectivity index (χ4v) is 4.72. The molecule has 10 nitrogen and oxygen atoms in total. The van der Waals surface area contributed by atoms with E-state index in [4.69, 9.17) is 9.57 Å². The molecule has 1 atom stereocenters. The average Bonchev–Trinajstić information content (AvgIpc) is 3.41. The number of likely N-dealkylation sites (tertiary alicyclic amines) is 1. The summed E-state index contributed by atoms with van der Waals surface area (Å²) in [4.78, 5) is 43.8. The van der Waals surface area contributed by atoms with Gasteiger partial charge in [-0.05, 0) is 57.6 Å². The van der Waals surface area contributed by atoms with Crippen molar-refractivity contribution in [3.05, 3.63) is 52.9 Å². The molecule has 0 spiro atoms. The molecular formula is C27H35FN6O4. The fourth-order valence-electron chi connectivity index (χ4n) is 4.72. The molecule has 1 aromatic heterocycles. The number of piperidine rings is 1. The van der Waals surface area contributed by atoms with Crippen molar-refractivity contribution >= 4 is 17.5 Å². The number of aryl methyl sites for hydroxylation is 1. The Hall–Kier alpha value is -3.60. The minimum absolute atomic E-state index is 0.0787. The predicted molar refractivity (Wildman–Crippen MR) is 139 cm³/mol. The van der Waals surface area contributed by atoms with Gasteiger partial charge < -0.3 is 24.7 Å². The second kappa shape index (κ2) is 12.3. The summed E-state index contributed by atoms with van der Waals surface area (Å²) in [5.74, 6) is 0.229. The number of hydrogen-bond donors (Lipinski definition) is 1. The molecule has 2 aliphatic rings. The van der Waals surface area contributed by atoms with Crippen LogP contribution >= 0.6 is 0 Å². The summed E-state index contributed by atoms with van der Waals surface area (Å²) in [6.07, 6.45) is 2.78. The SMILES string of the molecule is COc1cc(CNC(=O)c2cc(C3=NOC(C4CCN(C(=O)CCN(C)C)CC4)C3)nc(C)n2)ccc1F. The lowest BCUT2D eigenvalue weighted by atomic mass is 9.88. The van der Waals surface area contributed by atoms with Crippen LogP contribution in [0.15, 0.2) is 29.4 Å². The smallest absolute Gasteiger partial charge is 0.270 e. The largest absolute Gasteiger partial charge is 0.494 e. The van der Waals surface area contributed by atoms with Crippen LogP contribution in [0, 0.1) is 18.7 Å². The molecule has 1 N–H and O–H groups in total. The van der Waals surface area contributed by atoms with Gasteiger partial charge in [0, 0.05) is 44.9 Å². The van der Waals surface area contributed by atoms with Crippen molar-refractivity contribution in [2.75, 3.05) is 40.8 Å². The lowest BCUT2D eigenvalue weighted by molar-refractivity contribution is -0.133. The Labute approximate surface area is 222 Å². The fraction of sp³-hybridized carbons (Fsp3) is 0.519. The van der Waals surface area contributed by atoms with E-state index in [0.29, 0.717) is 41.6 Å². The van der Waals surface area contributed by atoms with Gasteiger partial charge in [-0.3, -0.25) is 9.59 Å². The Morgan fingerprint density at radius 2 is 1.97 bits per heavy atom. The molecule has 4 rings (SSSR count). The van der Waals surface area contributed by atoms with Gasteiger partial charge in [0.25, 0.3) is 5.91 Å². The second-order valence-corrected chi connectivity index (χ2v) is 9.99. The van der Waals surface area contributed by atoms with E-state index < -0.39 is 5.82 Å². The van der Waals surface area contributed by atoms with E-state index in [0.717, 1.165) is 32.5 Å². The van der Waals surface area contributed by atoms with E-state index in [1.165, 1.54) is 13.2 Å². The van der Waals surface area contributed by atoms with Gasteiger partial charge in [0.1, 0.15) is 23.3 Å². The Morgan fingerprint density at radius 3 is 2.68 bits per heavy atom. The minimum atomic E-state index is -0.462. The number of carbonyl (C=O) groups excluding carboxylic acids is 2. The molecule has 38 heavy (non-hydrogen) atoms. The zero-order valence-electron chi connectivity index (χ0n) is 22.4. The molecular weight excluding hydrogens is 491 g/mol. The number of aromatic nitrogens is 2. The normalized spacial score (nSPS) is 17.8. The predicted octanol–water partition coefficient (Wildman–Crippen LogP) is 2.55. The third-order valence-electron chi connectivity index (χ3n) is 6.92. The van der Waals surface area contributed by atoms with Gasteiger partial charge in [-0.15, -0.1) is 0 Å². The van der Waals surface area contributed by atoms with Crippen LogP contribution in [0.4, 0.5) is 4.39 Å². The Balaban J connectivity index is 1.32. The van der Waals surface area contributed by atoms with Crippen molar-refractivity contribution in [1.29, 1.82) is 0 Å². The molecule has 2 aliphatic heterocycles. The standard InChI is InChI=1S/C27H35FN6O4/c1-17-30-21(14-23(31-17)27(36)29-16-18-5-6-20(28)25(13-18)37-4)22-15-24(38-32-22)19-7-11-34(12-8-19)26(35)9-10-33(2)3/h5-6,13-14,19,24H,7-12,15-16H2,1-4H3,(H,29,36). The summed E-state index contributed by atoms with van der Waals surface area (Å²) in [6, 6.07) is 6.05. The summed E-state index contributed by atoms with van der Waals surface area (Å²) in [5, 5.41) is 7.09. The van der Waals surface area contributed by atoms with Crippen LogP contribution in [0.3, 0.4) is 0 Å². The molecule has 0 radical (unpaired) electrons.